The third-order valence-corrected chi connectivity index (χ3v) is 6.04. The molecule has 0 saturated carbocycles. The Morgan fingerprint density at radius 3 is 2.17 bits per heavy atom. The van der Waals surface area contributed by atoms with Gasteiger partial charge in [-0.15, -0.1) is 0 Å². The van der Waals surface area contributed by atoms with E-state index in [-0.39, 0.29) is 11.6 Å². The standard InChI is InChI=1S/C23H24BrN3O2/c1-15(2)26-10-12-27(13-11-26)21-20(25-17-7-5-6-16(24)14-17)22(28)18-8-3-4-9-19(18)23(21)29/h3-9,14-15,25H,10-13H2,1-2H3. The molecule has 5 nitrogen and oxygen atoms in total. The van der Waals surface area contributed by atoms with Crippen LogP contribution in [0.25, 0.3) is 0 Å². The Morgan fingerprint density at radius 2 is 1.55 bits per heavy atom. The third-order valence-electron chi connectivity index (χ3n) is 5.55. The number of ketones is 2. The topological polar surface area (TPSA) is 52.6 Å². The predicted molar refractivity (Wildman–Crippen MR) is 118 cm³/mol. The summed E-state index contributed by atoms with van der Waals surface area (Å²) in [5, 5.41) is 3.25. The lowest BCUT2D eigenvalue weighted by Crippen LogP contribution is -2.50. The Labute approximate surface area is 179 Å². The van der Waals surface area contributed by atoms with Crippen molar-refractivity contribution in [3.05, 3.63) is 75.5 Å². The Morgan fingerprint density at radius 1 is 0.897 bits per heavy atom. The normalized spacial score (nSPS) is 17.7. The monoisotopic (exact) mass is 453 g/mol. The van der Waals surface area contributed by atoms with Crippen LogP contribution in [0.4, 0.5) is 5.69 Å². The second kappa shape index (κ2) is 8.13. The van der Waals surface area contributed by atoms with Crippen LogP contribution in [0, 0.1) is 0 Å². The van der Waals surface area contributed by atoms with Crippen LogP contribution in [0.1, 0.15) is 34.6 Å². The average molecular weight is 454 g/mol. The number of nitrogens with zero attached hydrogens (tertiary/aromatic N) is 2. The summed E-state index contributed by atoms with van der Waals surface area (Å²) in [6.45, 7) is 7.54. The molecule has 2 aromatic carbocycles. The minimum Gasteiger partial charge on any atom is -0.364 e. The fourth-order valence-electron chi connectivity index (χ4n) is 3.95. The van der Waals surface area contributed by atoms with Gasteiger partial charge < -0.3 is 10.2 Å². The number of fused-ring (bicyclic) bond motifs is 1. The van der Waals surface area contributed by atoms with Crippen molar-refractivity contribution < 1.29 is 9.59 Å². The Kier molecular flexibility index (Phi) is 5.56. The van der Waals surface area contributed by atoms with Crippen LogP contribution >= 0.6 is 15.9 Å². The second-order valence-electron chi connectivity index (χ2n) is 7.68. The zero-order chi connectivity index (χ0) is 20.5. The van der Waals surface area contributed by atoms with E-state index in [2.05, 4.69) is 44.9 Å². The number of Topliss-reactive ketones (excluding diaryl/α,β-unsaturated/α-hetero) is 2. The summed E-state index contributed by atoms with van der Waals surface area (Å²) in [4.78, 5) is 31.2. The SMILES string of the molecule is CC(C)N1CCN(C2=C(Nc3cccc(Br)c3)C(=O)c3ccccc3C2=O)CC1. The highest BCUT2D eigenvalue weighted by atomic mass is 79.9. The Balaban J connectivity index is 1.75. The second-order valence-corrected chi connectivity index (χ2v) is 8.60. The van der Waals surface area contributed by atoms with Crippen molar-refractivity contribution in [1.82, 2.24) is 9.80 Å². The molecule has 0 amide bonds. The molecule has 1 fully saturated rings. The predicted octanol–water partition coefficient (Wildman–Crippen LogP) is 4.18. The van der Waals surface area contributed by atoms with Crippen LogP contribution in [0.3, 0.4) is 0 Å². The van der Waals surface area contributed by atoms with Crippen LogP contribution in [-0.4, -0.2) is 53.6 Å². The van der Waals surface area contributed by atoms with Gasteiger partial charge in [-0.05, 0) is 32.0 Å². The number of halogens is 1. The molecule has 1 aliphatic carbocycles. The minimum atomic E-state index is -0.138. The number of nitrogens with one attached hydrogen (secondary N) is 1. The van der Waals surface area contributed by atoms with Gasteiger partial charge in [0.2, 0.25) is 11.6 Å². The van der Waals surface area contributed by atoms with E-state index in [0.717, 1.165) is 36.3 Å². The van der Waals surface area contributed by atoms with Gasteiger partial charge in [-0.3, -0.25) is 14.5 Å². The highest BCUT2D eigenvalue weighted by molar-refractivity contribution is 9.10. The number of anilines is 1. The van der Waals surface area contributed by atoms with Crippen LogP contribution in [0.2, 0.25) is 0 Å². The number of hydrogen-bond donors (Lipinski definition) is 1. The Bertz CT molecular complexity index is 991. The molecular formula is C23H24BrN3O2. The Hall–Kier alpha value is -2.44. The van der Waals surface area contributed by atoms with Gasteiger partial charge in [-0.1, -0.05) is 46.3 Å². The van der Waals surface area contributed by atoms with Crippen LogP contribution in [-0.2, 0) is 0 Å². The highest BCUT2D eigenvalue weighted by Gasteiger charge is 2.36. The molecule has 6 heteroatoms. The first kappa shape index (κ1) is 19.9. The third kappa shape index (κ3) is 3.87. The molecule has 1 saturated heterocycles. The van der Waals surface area contributed by atoms with Gasteiger partial charge in [0.15, 0.2) is 0 Å². The molecule has 0 bridgehead atoms. The summed E-state index contributed by atoms with van der Waals surface area (Å²) < 4.78 is 0.908. The van der Waals surface area contributed by atoms with E-state index in [1.807, 2.05) is 30.3 Å². The molecule has 1 aliphatic heterocycles. The van der Waals surface area contributed by atoms with Crippen molar-refractivity contribution in [3.63, 3.8) is 0 Å². The summed E-state index contributed by atoms with van der Waals surface area (Å²) in [6, 6.07) is 15.2. The van der Waals surface area contributed by atoms with Gasteiger partial charge in [0.25, 0.3) is 0 Å². The lowest BCUT2D eigenvalue weighted by molar-refractivity contribution is 0.0882. The van der Waals surface area contributed by atoms with Gasteiger partial charge in [0, 0.05) is 53.5 Å². The lowest BCUT2D eigenvalue weighted by Gasteiger charge is -2.40. The maximum atomic E-state index is 13.4. The maximum Gasteiger partial charge on any atom is 0.212 e. The summed E-state index contributed by atoms with van der Waals surface area (Å²) in [5.74, 6) is -0.225. The summed E-state index contributed by atoms with van der Waals surface area (Å²) in [5.41, 5.74) is 2.56. The average Bonchev–Trinajstić information content (AvgIpc) is 2.72. The number of carbonyl (C=O) groups is 2. The fourth-order valence-corrected chi connectivity index (χ4v) is 4.35. The van der Waals surface area contributed by atoms with E-state index in [1.54, 1.807) is 18.2 Å². The molecular weight excluding hydrogens is 430 g/mol. The van der Waals surface area contributed by atoms with Crippen molar-refractivity contribution in [3.8, 4) is 0 Å². The number of hydrogen-bond acceptors (Lipinski definition) is 5. The molecule has 0 aromatic heterocycles. The molecule has 0 spiro atoms. The minimum absolute atomic E-state index is 0.0873. The zero-order valence-electron chi connectivity index (χ0n) is 16.6. The highest BCUT2D eigenvalue weighted by Crippen LogP contribution is 2.30. The summed E-state index contributed by atoms with van der Waals surface area (Å²) in [7, 11) is 0. The van der Waals surface area contributed by atoms with Crippen molar-refractivity contribution in [2.45, 2.75) is 19.9 Å². The van der Waals surface area contributed by atoms with Gasteiger partial charge in [0.1, 0.15) is 11.4 Å². The fraction of sp³-hybridized carbons (Fsp3) is 0.304. The molecule has 1 heterocycles. The number of allylic oxidation sites excluding steroid dienone is 2. The first-order valence-corrected chi connectivity index (χ1v) is 10.7. The van der Waals surface area contributed by atoms with Crippen molar-refractivity contribution in [2.75, 3.05) is 31.5 Å². The van der Waals surface area contributed by atoms with Gasteiger partial charge in [-0.2, -0.15) is 0 Å². The van der Waals surface area contributed by atoms with E-state index in [0.29, 0.717) is 28.6 Å². The number of piperazine rings is 1. The van der Waals surface area contributed by atoms with Crippen LogP contribution < -0.4 is 5.32 Å². The van der Waals surface area contributed by atoms with Crippen molar-refractivity contribution in [2.24, 2.45) is 0 Å². The molecule has 2 aromatic rings. The largest absolute Gasteiger partial charge is 0.364 e. The molecule has 4 rings (SSSR count). The zero-order valence-corrected chi connectivity index (χ0v) is 18.2. The quantitative estimate of drug-likeness (QED) is 0.752. The van der Waals surface area contributed by atoms with Crippen LogP contribution in [0.15, 0.2) is 64.4 Å². The van der Waals surface area contributed by atoms with Gasteiger partial charge in [-0.25, -0.2) is 0 Å². The van der Waals surface area contributed by atoms with Gasteiger partial charge in [0.05, 0.1) is 0 Å². The number of rotatable bonds is 4. The van der Waals surface area contributed by atoms with Crippen LogP contribution in [0.5, 0.6) is 0 Å². The summed E-state index contributed by atoms with van der Waals surface area (Å²) >= 11 is 3.47. The molecule has 0 unspecified atom stereocenters. The van der Waals surface area contributed by atoms with E-state index < -0.39 is 0 Å². The molecule has 29 heavy (non-hydrogen) atoms. The van der Waals surface area contributed by atoms with E-state index in [4.69, 9.17) is 0 Å². The molecule has 1 N–H and O–H groups in total. The molecule has 2 aliphatic rings. The maximum absolute atomic E-state index is 13.4. The summed E-state index contributed by atoms with van der Waals surface area (Å²) in [6.07, 6.45) is 0. The van der Waals surface area contributed by atoms with E-state index >= 15 is 0 Å². The first-order valence-electron chi connectivity index (χ1n) is 9.90. The van der Waals surface area contributed by atoms with Crippen molar-refractivity contribution in [1.29, 1.82) is 0 Å². The van der Waals surface area contributed by atoms with Gasteiger partial charge >= 0.3 is 0 Å². The first-order chi connectivity index (χ1) is 14.0. The molecule has 150 valence electrons. The van der Waals surface area contributed by atoms with Crippen molar-refractivity contribution >= 4 is 33.2 Å². The smallest absolute Gasteiger partial charge is 0.212 e. The number of benzene rings is 2. The molecule has 0 radical (unpaired) electrons. The molecule has 0 atom stereocenters. The van der Waals surface area contributed by atoms with E-state index in [1.165, 1.54) is 0 Å². The van der Waals surface area contributed by atoms with E-state index in [9.17, 15) is 9.59 Å². The number of carbonyl (C=O) groups excluding carboxylic acids is 2. The lowest BCUT2D eigenvalue weighted by atomic mass is 9.89.